The molecule has 1 unspecified atom stereocenters. The first-order valence-electron chi connectivity index (χ1n) is 6.86. The maximum Gasteiger partial charge on any atom is 0.310 e. The maximum absolute atomic E-state index is 13.4. The van der Waals surface area contributed by atoms with Gasteiger partial charge in [0.2, 0.25) is 0 Å². The summed E-state index contributed by atoms with van der Waals surface area (Å²) in [6.45, 7) is 3.84. The highest BCUT2D eigenvalue weighted by Crippen LogP contribution is 2.34. The molecule has 1 aliphatic rings. The van der Waals surface area contributed by atoms with Crippen molar-refractivity contribution in [2.75, 3.05) is 13.1 Å². The summed E-state index contributed by atoms with van der Waals surface area (Å²) >= 11 is 5.67. The maximum atomic E-state index is 13.4. The van der Waals surface area contributed by atoms with E-state index in [4.69, 9.17) is 11.6 Å². The van der Waals surface area contributed by atoms with E-state index in [0.717, 1.165) is 18.5 Å². The van der Waals surface area contributed by atoms with Crippen LogP contribution in [-0.4, -0.2) is 29.1 Å². The van der Waals surface area contributed by atoms with Gasteiger partial charge in [-0.05, 0) is 43.5 Å². The van der Waals surface area contributed by atoms with Crippen LogP contribution in [0.2, 0.25) is 5.02 Å². The average molecular weight is 300 g/mol. The second kappa shape index (κ2) is 6.10. The monoisotopic (exact) mass is 299 g/mol. The van der Waals surface area contributed by atoms with Crippen molar-refractivity contribution in [3.05, 3.63) is 34.6 Å². The topological polar surface area (TPSA) is 40.5 Å². The highest BCUT2D eigenvalue weighted by Gasteiger charge is 2.40. The first-order chi connectivity index (χ1) is 9.47. The SMILES string of the molecule is CCC1(C(=O)O)CCCN(Cc2ccc(Cl)c(F)c2)C1. The molecule has 0 aromatic heterocycles. The minimum absolute atomic E-state index is 0.112. The lowest BCUT2D eigenvalue weighted by Gasteiger charge is -2.39. The lowest BCUT2D eigenvalue weighted by molar-refractivity contribution is -0.153. The van der Waals surface area contributed by atoms with Gasteiger partial charge in [-0.1, -0.05) is 24.6 Å². The lowest BCUT2D eigenvalue weighted by atomic mass is 9.77. The number of carboxylic acid groups (broad SMARTS) is 1. The smallest absolute Gasteiger partial charge is 0.310 e. The summed E-state index contributed by atoms with van der Waals surface area (Å²) in [7, 11) is 0. The number of halogens is 2. The Morgan fingerprint density at radius 1 is 1.55 bits per heavy atom. The molecule has 0 amide bonds. The Labute approximate surface area is 123 Å². The van der Waals surface area contributed by atoms with Crippen LogP contribution >= 0.6 is 11.6 Å². The highest BCUT2D eigenvalue weighted by molar-refractivity contribution is 6.30. The van der Waals surface area contributed by atoms with Crippen molar-refractivity contribution in [1.29, 1.82) is 0 Å². The van der Waals surface area contributed by atoms with Gasteiger partial charge in [-0.2, -0.15) is 0 Å². The molecule has 1 atom stereocenters. The third-order valence-corrected chi connectivity index (χ3v) is 4.48. The van der Waals surface area contributed by atoms with Crippen molar-refractivity contribution in [3.63, 3.8) is 0 Å². The predicted octanol–water partition coefficient (Wildman–Crippen LogP) is 3.56. The van der Waals surface area contributed by atoms with Gasteiger partial charge in [0.1, 0.15) is 5.82 Å². The summed E-state index contributed by atoms with van der Waals surface area (Å²) in [5, 5.41) is 9.56. The van der Waals surface area contributed by atoms with Crippen LogP contribution in [0.1, 0.15) is 31.7 Å². The van der Waals surface area contributed by atoms with Crippen LogP contribution in [0, 0.1) is 11.2 Å². The summed E-state index contributed by atoms with van der Waals surface area (Å²) < 4.78 is 13.4. The molecule has 1 saturated heterocycles. The van der Waals surface area contributed by atoms with E-state index in [1.165, 1.54) is 6.07 Å². The van der Waals surface area contributed by atoms with E-state index in [2.05, 4.69) is 4.90 Å². The van der Waals surface area contributed by atoms with Gasteiger partial charge in [-0.3, -0.25) is 9.69 Å². The molecule has 1 N–H and O–H groups in total. The van der Waals surface area contributed by atoms with E-state index in [1.54, 1.807) is 12.1 Å². The van der Waals surface area contributed by atoms with E-state index >= 15 is 0 Å². The zero-order chi connectivity index (χ0) is 14.8. The Kier molecular flexibility index (Phi) is 4.66. The fraction of sp³-hybridized carbons (Fsp3) is 0.533. The summed E-state index contributed by atoms with van der Waals surface area (Å²) in [4.78, 5) is 13.6. The van der Waals surface area contributed by atoms with E-state index in [1.807, 2.05) is 6.92 Å². The van der Waals surface area contributed by atoms with Crippen LogP contribution in [0.3, 0.4) is 0 Å². The highest BCUT2D eigenvalue weighted by atomic mass is 35.5. The quantitative estimate of drug-likeness (QED) is 0.924. The molecule has 110 valence electrons. The first kappa shape index (κ1) is 15.3. The molecule has 1 aromatic rings. The fourth-order valence-electron chi connectivity index (χ4n) is 2.87. The zero-order valence-corrected chi connectivity index (χ0v) is 12.3. The van der Waals surface area contributed by atoms with Crippen molar-refractivity contribution in [2.24, 2.45) is 5.41 Å². The van der Waals surface area contributed by atoms with Crippen molar-refractivity contribution in [3.8, 4) is 0 Å². The summed E-state index contributed by atoms with van der Waals surface area (Å²) in [5.41, 5.74) is 0.160. The number of hydrogen-bond donors (Lipinski definition) is 1. The van der Waals surface area contributed by atoms with Crippen LogP contribution in [0.15, 0.2) is 18.2 Å². The lowest BCUT2D eigenvalue weighted by Crippen LogP contribution is -2.47. The van der Waals surface area contributed by atoms with Crippen molar-refractivity contribution >= 4 is 17.6 Å². The molecule has 0 radical (unpaired) electrons. The second-order valence-electron chi connectivity index (χ2n) is 5.50. The molecule has 0 aliphatic carbocycles. The number of rotatable bonds is 4. The van der Waals surface area contributed by atoms with Crippen molar-refractivity contribution in [2.45, 2.75) is 32.7 Å². The molecular formula is C15H19ClFNO2. The third-order valence-electron chi connectivity index (χ3n) is 4.18. The van der Waals surface area contributed by atoms with Gasteiger partial charge in [-0.15, -0.1) is 0 Å². The molecule has 0 saturated carbocycles. The summed E-state index contributed by atoms with van der Waals surface area (Å²) in [6.07, 6.45) is 2.19. The van der Waals surface area contributed by atoms with Gasteiger partial charge in [-0.25, -0.2) is 4.39 Å². The predicted molar refractivity (Wildman–Crippen MR) is 76.3 cm³/mol. The van der Waals surface area contributed by atoms with Gasteiger partial charge in [0.05, 0.1) is 10.4 Å². The molecular weight excluding hydrogens is 281 g/mol. The number of carbonyl (C=O) groups is 1. The van der Waals surface area contributed by atoms with E-state index in [0.29, 0.717) is 25.9 Å². The van der Waals surface area contributed by atoms with Gasteiger partial charge < -0.3 is 5.11 Å². The van der Waals surface area contributed by atoms with Gasteiger partial charge in [0.25, 0.3) is 0 Å². The van der Waals surface area contributed by atoms with Crippen LogP contribution in [0.4, 0.5) is 4.39 Å². The van der Waals surface area contributed by atoms with Crippen LogP contribution < -0.4 is 0 Å². The minimum atomic E-state index is -0.730. The van der Waals surface area contributed by atoms with Crippen LogP contribution in [-0.2, 0) is 11.3 Å². The Morgan fingerprint density at radius 3 is 2.90 bits per heavy atom. The third kappa shape index (κ3) is 3.13. The molecule has 1 aliphatic heterocycles. The largest absolute Gasteiger partial charge is 0.481 e. The standard InChI is InChI=1S/C15H19ClFNO2/c1-2-15(14(19)20)6-3-7-18(10-15)9-11-4-5-12(16)13(17)8-11/h4-5,8H,2-3,6-7,9-10H2,1H3,(H,19,20). The molecule has 1 aromatic carbocycles. The zero-order valence-electron chi connectivity index (χ0n) is 11.5. The van der Waals surface area contributed by atoms with Crippen LogP contribution in [0.5, 0.6) is 0 Å². The van der Waals surface area contributed by atoms with Gasteiger partial charge >= 0.3 is 5.97 Å². The Morgan fingerprint density at radius 2 is 2.30 bits per heavy atom. The number of benzene rings is 1. The summed E-state index contributed by atoms with van der Waals surface area (Å²) in [6, 6.07) is 4.75. The normalized spacial score (nSPS) is 23.8. The molecule has 1 fully saturated rings. The molecule has 5 heteroatoms. The van der Waals surface area contributed by atoms with Gasteiger partial charge in [0, 0.05) is 13.1 Å². The van der Waals surface area contributed by atoms with Crippen LogP contribution in [0.25, 0.3) is 0 Å². The molecule has 1 heterocycles. The number of hydrogen-bond acceptors (Lipinski definition) is 2. The van der Waals surface area contributed by atoms with Gasteiger partial charge in [0.15, 0.2) is 0 Å². The number of piperidine rings is 1. The van der Waals surface area contributed by atoms with E-state index in [9.17, 15) is 14.3 Å². The molecule has 0 bridgehead atoms. The Hall–Kier alpha value is -1.13. The van der Waals surface area contributed by atoms with E-state index < -0.39 is 17.2 Å². The Bertz CT molecular complexity index is 509. The number of carboxylic acids is 1. The first-order valence-corrected chi connectivity index (χ1v) is 7.24. The average Bonchev–Trinajstić information content (AvgIpc) is 2.43. The number of nitrogens with zero attached hydrogens (tertiary/aromatic N) is 1. The second-order valence-corrected chi connectivity index (χ2v) is 5.91. The molecule has 2 rings (SSSR count). The Balaban J connectivity index is 2.09. The number of aliphatic carboxylic acids is 1. The molecule has 20 heavy (non-hydrogen) atoms. The van der Waals surface area contributed by atoms with E-state index in [-0.39, 0.29) is 5.02 Å². The molecule has 3 nitrogen and oxygen atoms in total. The molecule has 0 spiro atoms. The summed E-state index contributed by atoms with van der Waals surface area (Å²) in [5.74, 6) is -1.16. The van der Waals surface area contributed by atoms with Crippen molar-refractivity contribution in [1.82, 2.24) is 4.90 Å². The number of likely N-dealkylation sites (tertiary alicyclic amines) is 1. The fourth-order valence-corrected chi connectivity index (χ4v) is 2.99. The van der Waals surface area contributed by atoms with Crippen molar-refractivity contribution < 1.29 is 14.3 Å². The minimum Gasteiger partial charge on any atom is -0.481 e.